The summed E-state index contributed by atoms with van der Waals surface area (Å²) in [7, 11) is -4.21. The number of halogens is 4. The lowest BCUT2D eigenvalue weighted by atomic mass is 9.87. The van der Waals surface area contributed by atoms with Crippen molar-refractivity contribution in [3.8, 4) is 0 Å². The lowest BCUT2D eigenvalue weighted by molar-refractivity contribution is -0.137. The Kier molecular flexibility index (Phi) is 6.93. The molecule has 0 radical (unpaired) electrons. The maximum Gasteiger partial charge on any atom is 0.416 e. The Morgan fingerprint density at radius 3 is 2.47 bits per heavy atom. The second-order valence-electron chi connectivity index (χ2n) is 9.96. The molecule has 0 spiro atoms. The summed E-state index contributed by atoms with van der Waals surface area (Å²) >= 11 is 5.99. The van der Waals surface area contributed by atoms with Gasteiger partial charge in [-0.15, -0.1) is 0 Å². The first-order valence-electron chi connectivity index (χ1n) is 10.5. The van der Waals surface area contributed by atoms with E-state index in [4.69, 9.17) is 17.3 Å². The van der Waals surface area contributed by atoms with Gasteiger partial charge >= 0.3 is 6.18 Å². The molecule has 3 rings (SSSR count). The molecular formula is C21H29ClF3N3O3S. The van der Waals surface area contributed by atoms with Crippen molar-refractivity contribution in [2.45, 2.75) is 63.2 Å². The minimum atomic E-state index is -4.68. The highest BCUT2D eigenvalue weighted by molar-refractivity contribution is 7.89. The Morgan fingerprint density at radius 1 is 1.25 bits per heavy atom. The van der Waals surface area contributed by atoms with Crippen molar-refractivity contribution in [3.05, 3.63) is 28.8 Å². The number of alkyl halides is 3. The number of amides is 1. The van der Waals surface area contributed by atoms with Crippen LogP contribution in [0.4, 0.5) is 13.2 Å². The van der Waals surface area contributed by atoms with Crippen LogP contribution in [-0.4, -0.2) is 43.8 Å². The molecule has 11 heteroatoms. The van der Waals surface area contributed by atoms with Crippen LogP contribution < -0.4 is 11.1 Å². The number of benzene rings is 1. The number of carbonyl (C=O) groups excluding carboxylic acids is 1. The van der Waals surface area contributed by atoms with Gasteiger partial charge in [0.2, 0.25) is 15.9 Å². The quantitative estimate of drug-likeness (QED) is 0.630. The van der Waals surface area contributed by atoms with Crippen LogP contribution in [0.25, 0.3) is 0 Å². The molecule has 1 aromatic carbocycles. The van der Waals surface area contributed by atoms with Gasteiger partial charge in [0.15, 0.2) is 0 Å². The van der Waals surface area contributed by atoms with Crippen LogP contribution in [0.5, 0.6) is 0 Å². The van der Waals surface area contributed by atoms with Crippen LogP contribution >= 0.6 is 11.6 Å². The number of nitrogens with one attached hydrogen (secondary N) is 1. The highest BCUT2D eigenvalue weighted by Crippen LogP contribution is 2.42. The number of sulfonamides is 1. The zero-order valence-electron chi connectivity index (χ0n) is 18.2. The van der Waals surface area contributed by atoms with Gasteiger partial charge in [0, 0.05) is 19.1 Å². The average molecular weight is 496 g/mol. The Labute approximate surface area is 191 Å². The summed E-state index contributed by atoms with van der Waals surface area (Å²) in [5, 5.41) is 3.08. The zero-order valence-corrected chi connectivity index (χ0v) is 19.8. The topological polar surface area (TPSA) is 92.5 Å². The Bertz CT molecular complexity index is 979. The predicted octanol–water partition coefficient (Wildman–Crippen LogP) is 3.64. The molecular weight excluding hydrogens is 467 g/mol. The third-order valence-corrected chi connectivity index (χ3v) is 8.59. The number of primary amides is 1. The van der Waals surface area contributed by atoms with Gasteiger partial charge in [-0.25, -0.2) is 8.42 Å². The normalized spacial score (nSPS) is 25.7. The molecule has 4 atom stereocenters. The summed E-state index contributed by atoms with van der Waals surface area (Å²) in [5.74, 6) is -0.465. The maximum atomic E-state index is 13.2. The lowest BCUT2D eigenvalue weighted by Crippen LogP contribution is -2.50. The summed E-state index contributed by atoms with van der Waals surface area (Å²) < 4.78 is 66.9. The average Bonchev–Trinajstić information content (AvgIpc) is 3.21. The van der Waals surface area contributed by atoms with Crippen molar-refractivity contribution in [1.29, 1.82) is 0 Å². The highest BCUT2D eigenvalue weighted by Gasteiger charge is 2.47. The highest BCUT2D eigenvalue weighted by atomic mass is 35.5. The first-order chi connectivity index (χ1) is 14.6. The van der Waals surface area contributed by atoms with Crippen LogP contribution in [-0.2, 0) is 21.0 Å². The van der Waals surface area contributed by atoms with E-state index in [1.807, 2.05) is 20.8 Å². The van der Waals surface area contributed by atoms with E-state index >= 15 is 0 Å². The van der Waals surface area contributed by atoms with Gasteiger partial charge < -0.3 is 11.1 Å². The maximum absolute atomic E-state index is 13.2. The van der Waals surface area contributed by atoms with E-state index < -0.39 is 38.6 Å². The smallest absolute Gasteiger partial charge is 0.368 e. The molecule has 2 aliphatic rings. The summed E-state index contributed by atoms with van der Waals surface area (Å²) in [6.45, 7) is 6.37. The molecule has 0 aromatic heterocycles. The van der Waals surface area contributed by atoms with Gasteiger partial charge in [-0.05, 0) is 54.7 Å². The fourth-order valence-electron chi connectivity index (χ4n) is 4.76. The minimum absolute atomic E-state index is 0.0509. The molecule has 1 amide bonds. The van der Waals surface area contributed by atoms with Crippen molar-refractivity contribution in [1.82, 2.24) is 9.62 Å². The molecule has 1 aliphatic carbocycles. The summed E-state index contributed by atoms with van der Waals surface area (Å²) in [6, 6.07) is 1.68. The first-order valence-corrected chi connectivity index (χ1v) is 12.3. The van der Waals surface area contributed by atoms with Gasteiger partial charge in [-0.1, -0.05) is 32.4 Å². The number of fused-ring (bicyclic) bond motifs is 1. The van der Waals surface area contributed by atoms with E-state index in [1.54, 1.807) is 0 Å². The molecule has 1 heterocycles. The van der Waals surface area contributed by atoms with Gasteiger partial charge in [0.1, 0.15) is 4.90 Å². The van der Waals surface area contributed by atoms with Gasteiger partial charge in [0.05, 0.1) is 16.6 Å². The molecule has 1 aromatic rings. The van der Waals surface area contributed by atoms with Gasteiger partial charge in [-0.3, -0.25) is 4.79 Å². The fourth-order valence-corrected chi connectivity index (χ4v) is 6.79. The van der Waals surface area contributed by atoms with E-state index in [0.717, 1.165) is 25.0 Å². The van der Waals surface area contributed by atoms with Crippen molar-refractivity contribution in [2.24, 2.45) is 23.0 Å². The molecule has 2 fully saturated rings. The van der Waals surface area contributed by atoms with Crippen molar-refractivity contribution in [2.75, 3.05) is 13.1 Å². The Morgan fingerprint density at radius 2 is 1.91 bits per heavy atom. The van der Waals surface area contributed by atoms with Gasteiger partial charge in [-0.2, -0.15) is 17.5 Å². The SMILES string of the molecule is CC(C)(C)C[C@H](N[C@H]1CC[C@@H]2CN(S(=O)(=O)c3cc(C(F)(F)F)ccc3Cl)C[C@@H]21)C(N)=O. The molecule has 1 saturated heterocycles. The number of carbonyl (C=O) groups is 1. The minimum Gasteiger partial charge on any atom is -0.368 e. The summed E-state index contributed by atoms with van der Waals surface area (Å²) in [5.41, 5.74) is 4.39. The Balaban J connectivity index is 1.79. The van der Waals surface area contributed by atoms with Crippen LogP contribution in [0.3, 0.4) is 0 Å². The largest absolute Gasteiger partial charge is 0.416 e. The second kappa shape index (κ2) is 8.77. The van der Waals surface area contributed by atoms with Crippen molar-refractivity contribution >= 4 is 27.5 Å². The molecule has 6 nitrogen and oxygen atoms in total. The number of rotatable bonds is 6. The van der Waals surface area contributed by atoms with Crippen molar-refractivity contribution in [3.63, 3.8) is 0 Å². The van der Waals surface area contributed by atoms with E-state index in [0.29, 0.717) is 12.5 Å². The molecule has 0 bridgehead atoms. The molecule has 1 saturated carbocycles. The number of hydrogen-bond donors (Lipinski definition) is 2. The molecule has 3 N–H and O–H groups in total. The van der Waals surface area contributed by atoms with E-state index in [1.165, 1.54) is 4.31 Å². The number of hydrogen-bond acceptors (Lipinski definition) is 4. The Hall–Kier alpha value is -1.36. The monoisotopic (exact) mass is 495 g/mol. The second-order valence-corrected chi connectivity index (χ2v) is 12.3. The first kappa shape index (κ1) is 25.3. The van der Waals surface area contributed by atoms with E-state index in [9.17, 15) is 26.4 Å². The fraction of sp³-hybridized carbons (Fsp3) is 0.667. The lowest BCUT2D eigenvalue weighted by Gasteiger charge is -2.29. The summed E-state index contributed by atoms with van der Waals surface area (Å²) in [6.07, 6.45) is -2.60. The van der Waals surface area contributed by atoms with Crippen molar-refractivity contribution < 1.29 is 26.4 Å². The predicted molar refractivity (Wildman–Crippen MR) is 115 cm³/mol. The number of nitrogens with zero attached hydrogens (tertiary/aromatic N) is 1. The standard InChI is InChI=1S/C21H29ClF3N3O3S/c1-20(2,3)9-17(19(26)29)27-16-7-4-12-10-28(11-14(12)16)32(30,31)18-8-13(21(23,24)25)5-6-15(18)22/h5-6,8,12,14,16-17,27H,4,7,9-11H2,1-3H3,(H2,26,29)/t12-,14+,16+,17+/m1/s1. The third kappa shape index (κ3) is 5.40. The van der Waals surface area contributed by atoms with Crippen LogP contribution in [0.1, 0.15) is 45.6 Å². The molecule has 32 heavy (non-hydrogen) atoms. The van der Waals surface area contributed by atoms with Crippen LogP contribution in [0, 0.1) is 17.3 Å². The van der Waals surface area contributed by atoms with Crippen LogP contribution in [0.15, 0.2) is 23.1 Å². The molecule has 1 aliphatic heterocycles. The van der Waals surface area contributed by atoms with Crippen LogP contribution in [0.2, 0.25) is 5.02 Å². The van der Waals surface area contributed by atoms with Gasteiger partial charge in [0.25, 0.3) is 0 Å². The zero-order chi connectivity index (χ0) is 24.1. The molecule has 0 unspecified atom stereocenters. The number of nitrogens with two attached hydrogens (primary N) is 1. The molecule has 180 valence electrons. The summed E-state index contributed by atoms with van der Waals surface area (Å²) in [4.78, 5) is 11.4. The van der Waals surface area contributed by atoms with E-state index in [-0.39, 0.29) is 41.4 Å². The third-order valence-electron chi connectivity index (χ3n) is 6.27. The van der Waals surface area contributed by atoms with E-state index in [2.05, 4.69) is 5.32 Å².